The number of nitrogens with zero attached hydrogens (tertiary/aromatic N) is 1. The van der Waals surface area contributed by atoms with Crippen molar-refractivity contribution in [2.45, 2.75) is 19.3 Å². The van der Waals surface area contributed by atoms with Gasteiger partial charge in [-0.3, -0.25) is 0 Å². The number of aromatic nitrogens is 2. The highest BCUT2D eigenvalue weighted by molar-refractivity contribution is 4.94. The minimum absolute atomic E-state index is 0.806. The Kier molecular flexibility index (Phi) is 4.17. The van der Waals surface area contributed by atoms with E-state index in [0.717, 1.165) is 38.6 Å². The Morgan fingerprint density at radius 2 is 2.33 bits per heavy atom. The molecule has 1 aromatic heterocycles. The molecule has 1 aromatic rings. The molecule has 0 bridgehead atoms. The van der Waals surface area contributed by atoms with E-state index in [2.05, 4.69) is 15.3 Å². The maximum atomic E-state index is 5.32. The van der Waals surface area contributed by atoms with Gasteiger partial charge in [-0.05, 0) is 25.3 Å². The highest BCUT2D eigenvalue weighted by atomic mass is 16.5. The predicted octanol–water partition coefficient (Wildman–Crippen LogP) is 0.968. The molecule has 0 radical (unpaired) electrons. The van der Waals surface area contributed by atoms with Crippen LogP contribution in [0, 0.1) is 5.92 Å². The fourth-order valence-corrected chi connectivity index (χ4v) is 1.90. The van der Waals surface area contributed by atoms with Crippen LogP contribution in [0.3, 0.4) is 0 Å². The van der Waals surface area contributed by atoms with Crippen LogP contribution in [0.4, 0.5) is 0 Å². The van der Waals surface area contributed by atoms with Crippen LogP contribution >= 0.6 is 0 Å². The van der Waals surface area contributed by atoms with Crippen LogP contribution in [0.15, 0.2) is 12.5 Å². The summed E-state index contributed by atoms with van der Waals surface area (Å²) < 4.78 is 5.32. The number of hydrogen-bond acceptors (Lipinski definition) is 3. The number of imidazole rings is 1. The lowest BCUT2D eigenvalue weighted by atomic mass is 10.0. The standard InChI is InChI=1S/C11H19N3O/c1(11-8-13-9-14-11)4-12-7-10-2-5-15-6-3-10/h8-10,12H,1-7H2,(H,13,14). The van der Waals surface area contributed by atoms with E-state index in [0.29, 0.717) is 0 Å². The zero-order valence-corrected chi connectivity index (χ0v) is 9.04. The molecule has 0 saturated carbocycles. The van der Waals surface area contributed by atoms with Crippen LogP contribution in [-0.4, -0.2) is 36.3 Å². The molecule has 0 aliphatic carbocycles. The second-order valence-corrected chi connectivity index (χ2v) is 4.09. The first-order chi connectivity index (χ1) is 7.45. The summed E-state index contributed by atoms with van der Waals surface area (Å²) in [6.45, 7) is 4.02. The minimum atomic E-state index is 0.806. The van der Waals surface area contributed by atoms with Crippen molar-refractivity contribution in [1.82, 2.24) is 15.3 Å². The molecular formula is C11H19N3O. The topological polar surface area (TPSA) is 49.9 Å². The first-order valence-corrected chi connectivity index (χ1v) is 5.71. The second kappa shape index (κ2) is 5.88. The molecule has 15 heavy (non-hydrogen) atoms. The van der Waals surface area contributed by atoms with Crippen LogP contribution in [0.25, 0.3) is 0 Å². The van der Waals surface area contributed by atoms with Gasteiger partial charge in [-0.2, -0.15) is 0 Å². The number of ether oxygens (including phenoxy) is 1. The Labute approximate surface area is 90.4 Å². The van der Waals surface area contributed by atoms with Gasteiger partial charge in [0.2, 0.25) is 0 Å². The zero-order chi connectivity index (χ0) is 10.3. The molecule has 2 N–H and O–H groups in total. The van der Waals surface area contributed by atoms with Crippen molar-refractivity contribution in [1.29, 1.82) is 0 Å². The Morgan fingerprint density at radius 1 is 1.47 bits per heavy atom. The average molecular weight is 209 g/mol. The van der Waals surface area contributed by atoms with Gasteiger partial charge in [0, 0.05) is 38.1 Å². The first-order valence-electron chi connectivity index (χ1n) is 5.71. The lowest BCUT2D eigenvalue weighted by Gasteiger charge is -2.22. The van der Waals surface area contributed by atoms with Crippen molar-refractivity contribution in [3.05, 3.63) is 18.2 Å². The Hall–Kier alpha value is -0.870. The molecule has 1 aliphatic rings. The van der Waals surface area contributed by atoms with Crippen LogP contribution in [0.2, 0.25) is 0 Å². The fraction of sp³-hybridized carbons (Fsp3) is 0.727. The molecule has 4 nitrogen and oxygen atoms in total. The number of aromatic amines is 1. The van der Waals surface area contributed by atoms with Gasteiger partial charge >= 0.3 is 0 Å². The van der Waals surface area contributed by atoms with Crippen LogP contribution in [-0.2, 0) is 11.2 Å². The molecule has 1 fully saturated rings. The summed E-state index contributed by atoms with van der Waals surface area (Å²) in [7, 11) is 0. The molecular weight excluding hydrogens is 190 g/mol. The molecule has 0 atom stereocenters. The van der Waals surface area contributed by atoms with E-state index in [9.17, 15) is 0 Å². The summed E-state index contributed by atoms with van der Waals surface area (Å²) in [6.07, 6.45) is 7.06. The number of H-pyrrole nitrogens is 1. The van der Waals surface area contributed by atoms with E-state index in [1.54, 1.807) is 6.33 Å². The van der Waals surface area contributed by atoms with E-state index < -0.39 is 0 Å². The van der Waals surface area contributed by atoms with E-state index in [-0.39, 0.29) is 0 Å². The van der Waals surface area contributed by atoms with Crippen molar-refractivity contribution in [3.63, 3.8) is 0 Å². The first kappa shape index (κ1) is 10.6. The highest BCUT2D eigenvalue weighted by Gasteiger charge is 2.12. The summed E-state index contributed by atoms with van der Waals surface area (Å²) in [6, 6.07) is 0. The van der Waals surface area contributed by atoms with Crippen molar-refractivity contribution in [2.24, 2.45) is 5.92 Å². The molecule has 0 spiro atoms. The van der Waals surface area contributed by atoms with Gasteiger partial charge < -0.3 is 15.0 Å². The summed E-state index contributed by atoms with van der Waals surface area (Å²) in [5.74, 6) is 0.806. The van der Waals surface area contributed by atoms with Crippen molar-refractivity contribution in [3.8, 4) is 0 Å². The predicted molar refractivity (Wildman–Crippen MR) is 58.7 cm³/mol. The zero-order valence-electron chi connectivity index (χ0n) is 9.04. The monoisotopic (exact) mass is 209 g/mol. The quantitative estimate of drug-likeness (QED) is 0.710. The van der Waals surface area contributed by atoms with Crippen LogP contribution < -0.4 is 5.32 Å². The normalized spacial score (nSPS) is 18.1. The van der Waals surface area contributed by atoms with E-state index in [4.69, 9.17) is 4.74 Å². The number of hydrogen-bond donors (Lipinski definition) is 2. The molecule has 2 heterocycles. The minimum Gasteiger partial charge on any atom is -0.381 e. The fourth-order valence-electron chi connectivity index (χ4n) is 1.90. The average Bonchev–Trinajstić information content (AvgIpc) is 2.79. The van der Waals surface area contributed by atoms with Gasteiger partial charge in [0.1, 0.15) is 0 Å². The molecule has 1 aliphatic heterocycles. The third-order valence-electron chi connectivity index (χ3n) is 2.90. The summed E-state index contributed by atoms with van der Waals surface area (Å²) >= 11 is 0. The maximum Gasteiger partial charge on any atom is 0.0921 e. The van der Waals surface area contributed by atoms with Gasteiger partial charge in [0.25, 0.3) is 0 Å². The second-order valence-electron chi connectivity index (χ2n) is 4.09. The van der Waals surface area contributed by atoms with Crippen molar-refractivity contribution in [2.75, 3.05) is 26.3 Å². The Bertz CT molecular complexity index is 255. The molecule has 1 saturated heterocycles. The lowest BCUT2D eigenvalue weighted by molar-refractivity contribution is 0.0664. The van der Waals surface area contributed by atoms with Crippen LogP contribution in [0.1, 0.15) is 18.5 Å². The van der Waals surface area contributed by atoms with Gasteiger partial charge in [-0.1, -0.05) is 0 Å². The summed E-state index contributed by atoms with van der Waals surface area (Å²) in [5.41, 5.74) is 1.20. The largest absolute Gasteiger partial charge is 0.381 e. The molecule has 0 aromatic carbocycles. The van der Waals surface area contributed by atoms with Gasteiger partial charge in [0.05, 0.1) is 6.33 Å². The highest BCUT2D eigenvalue weighted by Crippen LogP contribution is 2.12. The molecule has 2 rings (SSSR count). The molecule has 84 valence electrons. The Morgan fingerprint density at radius 3 is 3.07 bits per heavy atom. The lowest BCUT2D eigenvalue weighted by Crippen LogP contribution is -2.29. The molecule has 4 heteroatoms. The SMILES string of the molecule is c1ncc(CCNCC2CCOCC2)[nH]1. The van der Waals surface area contributed by atoms with Gasteiger partial charge in [-0.25, -0.2) is 4.98 Å². The molecule has 0 amide bonds. The molecule has 0 unspecified atom stereocenters. The third-order valence-corrected chi connectivity index (χ3v) is 2.90. The summed E-state index contributed by atoms with van der Waals surface area (Å²) in [4.78, 5) is 7.10. The van der Waals surface area contributed by atoms with E-state index >= 15 is 0 Å². The van der Waals surface area contributed by atoms with Crippen LogP contribution in [0.5, 0.6) is 0 Å². The number of nitrogens with one attached hydrogen (secondary N) is 2. The third kappa shape index (κ3) is 3.64. The Balaban J connectivity index is 1.54. The van der Waals surface area contributed by atoms with E-state index in [1.807, 2.05) is 6.20 Å². The summed E-state index contributed by atoms with van der Waals surface area (Å²) in [5, 5.41) is 3.49. The van der Waals surface area contributed by atoms with Crippen molar-refractivity contribution < 1.29 is 4.74 Å². The smallest absolute Gasteiger partial charge is 0.0921 e. The van der Waals surface area contributed by atoms with Gasteiger partial charge in [-0.15, -0.1) is 0 Å². The number of rotatable bonds is 5. The van der Waals surface area contributed by atoms with Gasteiger partial charge in [0.15, 0.2) is 0 Å². The maximum absolute atomic E-state index is 5.32. The van der Waals surface area contributed by atoms with Crippen molar-refractivity contribution >= 4 is 0 Å². The van der Waals surface area contributed by atoms with E-state index in [1.165, 1.54) is 18.5 Å².